The second kappa shape index (κ2) is 4.18. The topological polar surface area (TPSA) is 27.7 Å². The van der Waals surface area contributed by atoms with E-state index in [1.165, 1.54) is 6.07 Å². The first kappa shape index (κ1) is 13.8. The molecule has 1 saturated heterocycles. The summed E-state index contributed by atoms with van der Waals surface area (Å²) >= 11 is 0. The van der Waals surface area contributed by atoms with E-state index in [-0.39, 0.29) is 11.2 Å². The molecule has 1 aromatic rings. The van der Waals surface area contributed by atoms with Crippen molar-refractivity contribution in [1.29, 1.82) is 0 Å². The number of ether oxygens (including phenoxy) is 1. The number of benzene rings is 1. The van der Waals surface area contributed by atoms with E-state index in [1.54, 1.807) is 0 Å². The maximum Gasteiger partial charge on any atom is 0.501 e. The van der Waals surface area contributed by atoms with Gasteiger partial charge in [0, 0.05) is 12.0 Å². The lowest BCUT2D eigenvalue weighted by molar-refractivity contribution is 0.00578. The van der Waals surface area contributed by atoms with Gasteiger partial charge in [0.05, 0.1) is 23.3 Å². The zero-order chi connectivity index (χ0) is 14.7. The van der Waals surface area contributed by atoms with Crippen LogP contribution in [0.5, 0.6) is 5.75 Å². The molecule has 0 bridgehead atoms. The fourth-order valence-corrected chi connectivity index (χ4v) is 2.45. The van der Waals surface area contributed by atoms with Crippen LogP contribution in [-0.2, 0) is 15.7 Å². The van der Waals surface area contributed by atoms with Crippen molar-refractivity contribution in [2.24, 2.45) is 0 Å². The summed E-state index contributed by atoms with van der Waals surface area (Å²) < 4.78 is 45.3. The third-order valence-electron chi connectivity index (χ3n) is 4.39. The summed E-state index contributed by atoms with van der Waals surface area (Å²) in [5.74, 6) is -1.24. The minimum atomic E-state index is -1.06. The first-order valence-electron chi connectivity index (χ1n) is 6.72. The van der Waals surface area contributed by atoms with E-state index in [9.17, 15) is 8.78 Å². The lowest BCUT2D eigenvalue weighted by Gasteiger charge is -2.32. The highest BCUT2D eigenvalue weighted by Crippen LogP contribution is 2.38. The summed E-state index contributed by atoms with van der Waals surface area (Å²) in [5.41, 5.74) is -0.933. The van der Waals surface area contributed by atoms with Crippen molar-refractivity contribution in [2.75, 3.05) is 6.61 Å². The molecule has 2 aliphatic heterocycles. The quantitative estimate of drug-likeness (QED) is 0.739. The van der Waals surface area contributed by atoms with E-state index in [1.807, 2.05) is 27.7 Å². The Balaban J connectivity index is 2.05. The number of fused-ring (bicyclic) bond motifs is 1. The summed E-state index contributed by atoms with van der Waals surface area (Å²) in [5, 5.41) is 0. The standard InChI is InChI=1S/C14H17BF2O3/c1-13(2)14(3,4)20-15(19-13)10-9(16)7-8-5-6-18-12(8)11(10)17/h7H,5-6H2,1-4H3. The van der Waals surface area contributed by atoms with E-state index < -0.39 is 30.0 Å². The molecule has 20 heavy (non-hydrogen) atoms. The largest absolute Gasteiger partial charge is 0.501 e. The van der Waals surface area contributed by atoms with Gasteiger partial charge in [-0.25, -0.2) is 8.78 Å². The maximum atomic E-state index is 14.5. The highest BCUT2D eigenvalue weighted by atomic mass is 19.1. The van der Waals surface area contributed by atoms with Crippen molar-refractivity contribution in [2.45, 2.75) is 45.3 Å². The fourth-order valence-electron chi connectivity index (χ4n) is 2.45. The van der Waals surface area contributed by atoms with E-state index in [2.05, 4.69) is 0 Å². The van der Waals surface area contributed by atoms with Crippen molar-refractivity contribution in [3.05, 3.63) is 23.3 Å². The smallest absolute Gasteiger partial charge is 0.490 e. The molecule has 108 valence electrons. The first-order valence-corrected chi connectivity index (χ1v) is 6.72. The summed E-state index contributed by atoms with van der Waals surface area (Å²) in [6.07, 6.45) is 0.521. The predicted molar refractivity (Wildman–Crippen MR) is 71.3 cm³/mol. The maximum absolute atomic E-state index is 14.5. The predicted octanol–water partition coefficient (Wildman–Crippen LogP) is 2.20. The minimum absolute atomic E-state index is 0.121. The molecule has 6 heteroatoms. The normalized spacial score (nSPS) is 22.8. The van der Waals surface area contributed by atoms with Gasteiger partial charge in [-0.05, 0) is 33.8 Å². The van der Waals surface area contributed by atoms with Crippen LogP contribution in [0.1, 0.15) is 33.3 Å². The number of rotatable bonds is 1. The van der Waals surface area contributed by atoms with E-state index >= 15 is 0 Å². The van der Waals surface area contributed by atoms with Gasteiger partial charge in [0.15, 0.2) is 11.6 Å². The van der Waals surface area contributed by atoms with Gasteiger partial charge in [-0.3, -0.25) is 0 Å². The molecule has 0 aliphatic carbocycles. The molecule has 3 nitrogen and oxygen atoms in total. The zero-order valence-corrected chi connectivity index (χ0v) is 12.0. The first-order chi connectivity index (χ1) is 9.23. The molecule has 1 aromatic carbocycles. The number of halogens is 2. The van der Waals surface area contributed by atoms with E-state index in [0.717, 1.165) is 0 Å². The van der Waals surface area contributed by atoms with Gasteiger partial charge >= 0.3 is 7.12 Å². The third-order valence-corrected chi connectivity index (χ3v) is 4.39. The van der Waals surface area contributed by atoms with Crippen molar-refractivity contribution >= 4 is 12.6 Å². The molecule has 0 atom stereocenters. The van der Waals surface area contributed by atoms with Gasteiger partial charge in [0.1, 0.15) is 5.82 Å². The molecule has 0 spiro atoms. The average Bonchev–Trinajstić information content (AvgIpc) is 2.82. The van der Waals surface area contributed by atoms with Gasteiger partial charge in [-0.2, -0.15) is 0 Å². The van der Waals surface area contributed by atoms with Crippen molar-refractivity contribution < 1.29 is 22.8 Å². The summed E-state index contributed by atoms with van der Waals surface area (Å²) in [7, 11) is -1.06. The van der Waals surface area contributed by atoms with Gasteiger partial charge in [-0.15, -0.1) is 0 Å². The Morgan fingerprint density at radius 1 is 1.10 bits per heavy atom. The van der Waals surface area contributed by atoms with E-state index in [0.29, 0.717) is 18.6 Å². The lowest BCUT2D eigenvalue weighted by atomic mass is 9.77. The zero-order valence-electron chi connectivity index (χ0n) is 12.0. The SMILES string of the molecule is CC1(C)OB(c2c(F)cc3c(c2F)OCC3)OC1(C)C. The molecule has 0 N–H and O–H groups in total. The number of hydrogen-bond donors (Lipinski definition) is 0. The van der Waals surface area contributed by atoms with Gasteiger partial charge in [0.25, 0.3) is 0 Å². The summed E-state index contributed by atoms with van der Waals surface area (Å²) in [6, 6.07) is 1.31. The van der Waals surface area contributed by atoms with Crippen LogP contribution < -0.4 is 10.2 Å². The Labute approximate surface area is 117 Å². The van der Waals surface area contributed by atoms with Crippen LogP contribution in [0.4, 0.5) is 8.78 Å². The van der Waals surface area contributed by atoms with Crippen LogP contribution in [0.3, 0.4) is 0 Å². The fraction of sp³-hybridized carbons (Fsp3) is 0.571. The van der Waals surface area contributed by atoms with Crippen LogP contribution >= 0.6 is 0 Å². The molecular weight excluding hydrogens is 265 g/mol. The monoisotopic (exact) mass is 282 g/mol. The average molecular weight is 282 g/mol. The Bertz CT molecular complexity index is 556. The van der Waals surface area contributed by atoms with Gasteiger partial charge < -0.3 is 14.0 Å². The van der Waals surface area contributed by atoms with Crippen molar-refractivity contribution in [1.82, 2.24) is 0 Å². The molecule has 3 rings (SSSR count). The van der Waals surface area contributed by atoms with Crippen molar-refractivity contribution in [3.8, 4) is 5.75 Å². The minimum Gasteiger partial charge on any atom is -0.490 e. The Morgan fingerprint density at radius 3 is 2.30 bits per heavy atom. The van der Waals surface area contributed by atoms with E-state index in [4.69, 9.17) is 14.0 Å². The molecule has 0 unspecified atom stereocenters. The Kier molecular flexibility index (Phi) is 2.89. The third kappa shape index (κ3) is 1.85. The Morgan fingerprint density at radius 2 is 1.70 bits per heavy atom. The van der Waals surface area contributed by atoms with Crippen LogP contribution in [0.2, 0.25) is 0 Å². The molecule has 0 radical (unpaired) electrons. The molecule has 2 heterocycles. The molecule has 0 saturated carbocycles. The molecule has 1 fully saturated rings. The van der Waals surface area contributed by atoms with Crippen molar-refractivity contribution in [3.63, 3.8) is 0 Å². The van der Waals surface area contributed by atoms with Crippen LogP contribution in [-0.4, -0.2) is 24.9 Å². The van der Waals surface area contributed by atoms with Crippen LogP contribution in [0, 0.1) is 11.6 Å². The lowest BCUT2D eigenvalue weighted by Crippen LogP contribution is -2.41. The molecule has 0 amide bonds. The summed E-state index contributed by atoms with van der Waals surface area (Å²) in [4.78, 5) is 0. The molecule has 0 aromatic heterocycles. The second-order valence-electron chi connectivity index (χ2n) is 6.26. The second-order valence-corrected chi connectivity index (χ2v) is 6.26. The summed E-state index contributed by atoms with van der Waals surface area (Å²) in [6.45, 7) is 7.73. The Hall–Kier alpha value is -1.14. The van der Waals surface area contributed by atoms with Gasteiger partial charge in [-0.1, -0.05) is 0 Å². The highest BCUT2D eigenvalue weighted by Gasteiger charge is 2.53. The number of hydrogen-bond acceptors (Lipinski definition) is 3. The molecular formula is C14H17BF2O3. The van der Waals surface area contributed by atoms with Gasteiger partial charge in [0.2, 0.25) is 0 Å². The highest BCUT2D eigenvalue weighted by molar-refractivity contribution is 6.62. The molecule has 2 aliphatic rings. The van der Waals surface area contributed by atoms with Crippen LogP contribution in [0.25, 0.3) is 0 Å². The van der Waals surface area contributed by atoms with Crippen LogP contribution in [0.15, 0.2) is 6.07 Å².